The average molecular weight is 309 g/mol. The summed E-state index contributed by atoms with van der Waals surface area (Å²) in [4.78, 5) is 12.3. The molecule has 0 aliphatic carbocycles. The van der Waals surface area contributed by atoms with E-state index in [2.05, 4.69) is 10.5 Å². The van der Waals surface area contributed by atoms with Gasteiger partial charge in [0.05, 0.1) is 22.0 Å². The molecule has 0 unspecified atom stereocenters. The lowest BCUT2D eigenvalue weighted by molar-refractivity contribution is 0.0959. The van der Waals surface area contributed by atoms with Crippen LogP contribution in [0.1, 0.15) is 22.2 Å². The number of thiophene rings is 1. The number of nitrogens with zero attached hydrogens (tertiary/aromatic N) is 1. The molecule has 6 heteroatoms. The quantitative estimate of drug-likeness (QED) is 0.678. The Morgan fingerprint density at radius 2 is 2.20 bits per heavy atom. The van der Waals surface area contributed by atoms with Gasteiger partial charge in [0.1, 0.15) is 5.75 Å². The van der Waals surface area contributed by atoms with Gasteiger partial charge in [-0.15, -0.1) is 11.3 Å². The molecule has 0 aliphatic rings. The molecular formula is C14H13ClN2O2S. The maximum absolute atomic E-state index is 11.8. The number of hydrogen-bond acceptors (Lipinski definition) is 4. The first kappa shape index (κ1) is 14.6. The molecule has 0 bridgehead atoms. The number of amides is 1. The smallest absolute Gasteiger partial charge is 0.281 e. The molecule has 104 valence electrons. The average Bonchev–Trinajstić information content (AvgIpc) is 2.88. The first-order valence-corrected chi connectivity index (χ1v) is 7.20. The highest BCUT2D eigenvalue weighted by atomic mass is 35.5. The van der Waals surface area contributed by atoms with Gasteiger partial charge in [-0.3, -0.25) is 4.79 Å². The highest BCUT2D eigenvalue weighted by Gasteiger charge is 2.07. The van der Waals surface area contributed by atoms with Crippen molar-refractivity contribution in [2.24, 2.45) is 5.10 Å². The molecular weight excluding hydrogens is 296 g/mol. The lowest BCUT2D eigenvalue weighted by Gasteiger charge is -2.05. The van der Waals surface area contributed by atoms with Crippen molar-refractivity contribution in [2.75, 3.05) is 6.61 Å². The molecule has 4 nitrogen and oxygen atoms in total. The van der Waals surface area contributed by atoms with Crippen LogP contribution in [0.3, 0.4) is 0 Å². The second-order valence-electron chi connectivity index (χ2n) is 3.77. The van der Waals surface area contributed by atoms with Crippen LogP contribution in [-0.4, -0.2) is 18.7 Å². The minimum Gasteiger partial charge on any atom is -0.493 e. The van der Waals surface area contributed by atoms with Gasteiger partial charge >= 0.3 is 0 Å². The molecule has 1 aromatic carbocycles. The molecule has 1 aromatic heterocycles. The Bertz CT molecular complexity index is 625. The van der Waals surface area contributed by atoms with Gasteiger partial charge in [0.15, 0.2) is 0 Å². The van der Waals surface area contributed by atoms with E-state index in [1.807, 2.05) is 31.2 Å². The number of ether oxygens (including phenoxy) is 1. The van der Waals surface area contributed by atoms with Crippen molar-refractivity contribution in [1.29, 1.82) is 0 Å². The SMILES string of the molecule is CCOc1ccccc1C=NNC(=O)c1ccc(Cl)s1. The summed E-state index contributed by atoms with van der Waals surface area (Å²) in [6.07, 6.45) is 1.55. The van der Waals surface area contributed by atoms with Gasteiger partial charge in [0.2, 0.25) is 0 Å². The van der Waals surface area contributed by atoms with Crippen LogP contribution in [0.15, 0.2) is 41.5 Å². The summed E-state index contributed by atoms with van der Waals surface area (Å²) in [5.41, 5.74) is 3.26. The van der Waals surface area contributed by atoms with Crippen LogP contribution in [0.5, 0.6) is 5.75 Å². The van der Waals surface area contributed by atoms with E-state index in [0.29, 0.717) is 15.8 Å². The zero-order valence-electron chi connectivity index (χ0n) is 10.8. The Balaban J connectivity index is 2.01. The first-order chi connectivity index (χ1) is 9.70. The number of hydrogen-bond donors (Lipinski definition) is 1. The summed E-state index contributed by atoms with van der Waals surface area (Å²) < 4.78 is 6.03. The third kappa shape index (κ3) is 3.82. The Morgan fingerprint density at radius 3 is 2.90 bits per heavy atom. The van der Waals surface area contributed by atoms with Crippen LogP contribution in [0.25, 0.3) is 0 Å². The highest BCUT2D eigenvalue weighted by molar-refractivity contribution is 7.17. The van der Waals surface area contributed by atoms with Crippen LogP contribution < -0.4 is 10.2 Å². The number of rotatable bonds is 5. The van der Waals surface area contributed by atoms with Crippen molar-refractivity contribution in [3.63, 3.8) is 0 Å². The predicted molar refractivity (Wildman–Crippen MR) is 82.0 cm³/mol. The highest BCUT2D eigenvalue weighted by Crippen LogP contribution is 2.21. The van der Waals surface area contributed by atoms with E-state index in [0.717, 1.165) is 11.3 Å². The largest absolute Gasteiger partial charge is 0.493 e. The van der Waals surface area contributed by atoms with E-state index < -0.39 is 0 Å². The van der Waals surface area contributed by atoms with Gasteiger partial charge < -0.3 is 4.74 Å². The summed E-state index contributed by atoms with van der Waals surface area (Å²) in [5, 5.41) is 3.93. The van der Waals surface area contributed by atoms with Gasteiger partial charge in [0.25, 0.3) is 5.91 Å². The maximum Gasteiger partial charge on any atom is 0.281 e. The van der Waals surface area contributed by atoms with Gasteiger partial charge in [-0.2, -0.15) is 5.10 Å². The Kier molecular flexibility index (Phi) is 5.15. The normalized spacial score (nSPS) is 10.7. The summed E-state index contributed by atoms with van der Waals surface area (Å²) >= 11 is 6.98. The molecule has 1 heterocycles. The Morgan fingerprint density at radius 1 is 1.40 bits per heavy atom. The monoisotopic (exact) mass is 308 g/mol. The van der Waals surface area contributed by atoms with E-state index >= 15 is 0 Å². The molecule has 20 heavy (non-hydrogen) atoms. The molecule has 2 rings (SSSR count). The zero-order chi connectivity index (χ0) is 14.4. The first-order valence-electron chi connectivity index (χ1n) is 6.01. The van der Waals surface area contributed by atoms with E-state index in [9.17, 15) is 4.79 Å². The number of nitrogens with one attached hydrogen (secondary N) is 1. The van der Waals surface area contributed by atoms with E-state index in [4.69, 9.17) is 16.3 Å². The van der Waals surface area contributed by atoms with Gasteiger partial charge in [-0.05, 0) is 31.2 Å². The van der Waals surface area contributed by atoms with Crippen molar-refractivity contribution in [3.05, 3.63) is 51.2 Å². The number of para-hydroxylation sites is 1. The van der Waals surface area contributed by atoms with Gasteiger partial charge in [0, 0.05) is 5.56 Å². The van der Waals surface area contributed by atoms with E-state index in [1.54, 1.807) is 18.3 Å². The molecule has 2 aromatic rings. The molecule has 0 fully saturated rings. The van der Waals surface area contributed by atoms with Crippen LogP contribution in [0.2, 0.25) is 4.34 Å². The molecule has 0 saturated carbocycles. The standard InChI is InChI=1S/C14H13ClN2O2S/c1-2-19-11-6-4-3-5-10(11)9-16-17-14(18)12-7-8-13(15)20-12/h3-9H,2H2,1H3,(H,17,18). The maximum atomic E-state index is 11.8. The van der Waals surface area contributed by atoms with Crippen molar-refractivity contribution in [2.45, 2.75) is 6.92 Å². The topological polar surface area (TPSA) is 50.7 Å². The minimum atomic E-state index is -0.285. The molecule has 0 atom stereocenters. The molecule has 1 N–H and O–H groups in total. The summed E-state index contributed by atoms with van der Waals surface area (Å²) in [6.45, 7) is 2.49. The van der Waals surface area contributed by atoms with Crippen LogP contribution in [0, 0.1) is 0 Å². The second kappa shape index (κ2) is 7.07. The fraction of sp³-hybridized carbons (Fsp3) is 0.143. The van der Waals surface area contributed by atoms with Crippen molar-refractivity contribution >= 4 is 35.1 Å². The molecule has 1 amide bonds. The number of carbonyl (C=O) groups is 1. The third-order valence-corrected chi connectivity index (χ3v) is 3.62. The molecule has 0 radical (unpaired) electrons. The number of benzene rings is 1. The number of hydrazone groups is 1. The van der Waals surface area contributed by atoms with Crippen LogP contribution in [0.4, 0.5) is 0 Å². The molecule has 0 aliphatic heterocycles. The molecule has 0 spiro atoms. The minimum absolute atomic E-state index is 0.285. The fourth-order valence-corrected chi connectivity index (χ4v) is 2.46. The van der Waals surface area contributed by atoms with Gasteiger partial charge in [-0.25, -0.2) is 5.43 Å². The fourth-order valence-electron chi connectivity index (χ4n) is 1.53. The van der Waals surface area contributed by atoms with E-state index in [-0.39, 0.29) is 5.91 Å². The summed E-state index contributed by atoms with van der Waals surface area (Å²) in [6, 6.07) is 10.8. The molecule has 0 saturated heterocycles. The van der Waals surface area contributed by atoms with Gasteiger partial charge in [-0.1, -0.05) is 23.7 Å². The van der Waals surface area contributed by atoms with Crippen molar-refractivity contribution in [3.8, 4) is 5.75 Å². The predicted octanol–water partition coefficient (Wildman–Crippen LogP) is 3.56. The number of halogens is 1. The van der Waals surface area contributed by atoms with Crippen molar-refractivity contribution < 1.29 is 9.53 Å². The lowest BCUT2D eigenvalue weighted by Crippen LogP contribution is -2.16. The van der Waals surface area contributed by atoms with E-state index in [1.165, 1.54) is 11.3 Å². The Hall–Kier alpha value is -1.85. The number of carbonyl (C=O) groups excluding carboxylic acids is 1. The van der Waals surface area contributed by atoms with Crippen molar-refractivity contribution in [1.82, 2.24) is 5.43 Å². The third-order valence-electron chi connectivity index (χ3n) is 2.39. The summed E-state index contributed by atoms with van der Waals surface area (Å²) in [7, 11) is 0. The lowest BCUT2D eigenvalue weighted by atomic mass is 10.2. The summed E-state index contributed by atoms with van der Waals surface area (Å²) in [5.74, 6) is 0.444. The Labute approximate surface area is 126 Å². The second-order valence-corrected chi connectivity index (χ2v) is 5.49. The van der Waals surface area contributed by atoms with Crippen LogP contribution >= 0.6 is 22.9 Å². The zero-order valence-corrected chi connectivity index (χ0v) is 12.4. The van der Waals surface area contributed by atoms with Crippen LogP contribution in [-0.2, 0) is 0 Å².